The molecule has 0 saturated carbocycles. The van der Waals surface area contributed by atoms with E-state index in [9.17, 15) is 4.79 Å². The van der Waals surface area contributed by atoms with Gasteiger partial charge in [-0.1, -0.05) is 0 Å². The van der Waals surface area contributed by atoms with Crippen LogP contribution >= 0.6 is 11.3 Å². The van der Waals surface area contributed by atoms with Crippen LogP contribution in [0.4, 0.5) is 5.95 Å². The Morgan fingerprint density at radius 1 is 1.33 bits per heavy atom. The van der Waals surface area contributed by atoms with Gasteiger partial charge in [0.25, 0.3) is 5.91 Å². The van der Waals surface area contributed by atoms with Crippen molar-refractivity contribution in [1.82, 2.24) is 14.9 Å². The number of anilines is 1. The zero-order valence-electron chi connectivity index (χ0n) is 13.6. The first-order chi connectivity index (χ1) is 11.7. The van der Waals surface area contributed by atoms with E-state index in [0.29, 0.717) is 32.2 Å². The Morgan fingerprint density at radius 3 is 3.00 bits per heavy atom. The van der Waals surface area contributed by atoms with Crippen LogP contribution in [0.1, 0.15) is 16.0 Å². The van der Waals surface area contributed by atoms with Crippen LogP contribution in [0.5, 0.6) is 0 Å². The topological polar surface area (TPSA) is 58.6 Å². The number of ether oxygens (including phenoxy) is 1. The molecule has 0 bridgehead atoms. The minimum absolute atomic E-state index is 0.0728. The summed E-state index contributed by atoms with van der Waals surface area (Å²) in [6, 6.07) is 2.12. The van der Waals surface area contributed by atoms with Gasteiger partial charge in [-0.3, -0.25) is 4.79 Å². The second-order valence-electron chi connectivity index (χ2n) is 6.24. The highest BCUT2D eigenvalue weighted by Crippen LogP contribution is 2.25. The van der Waals surface area contributed by atoms with E-state index in [1.807, 2.05) is 16.7 Å². The van der Waals surface area contributed by atoms with Gasteiger partial charge in [0.05, 0.1) is 13.2 Å². The molecule has 1 saturated heterocycles. The Bertz CT molecular complexity index is 730. The fourth-order valence-electron chi connectivity index (χ4n) is 3.17. The Kier molecular flexibility index (Phi) is 4.20. The first kappa shape index (κ1) is 15.5. The summed E-state index contributed by atoms with van der Waals surface area (Å²) in [6.07, 6.45) is 4.11. The summed E-state index contributed by atoms with van der Waals surface area (Å²) in [5.74, 6) is 0.740. The van der Waals surface area contributed by atoms with E-state index in [1.165, 1.54) is 10.4 Å². The average molecular weight is 344 g/mol. The second-order valence-corrected chi connectivity index (χ2v) is 7.25. The van der Waals surface area contributed by atoms with Gasteiger partial charge in [-0.05, 0) is 35.9 Å². The number of rotatable bonds is 2. The van der Waals surface area contributed by atoms with E-state index < -0.39 is 6.10 Å². The van der Waals surface area contributed by atoms with Gasteiger partial charge >= 0.3 is 0 Å². The summed E-state index contributed by atoms with van der Waals surface area (Å²) in [5, 5.41) is 2.10. The molecule has 0 radical (unpaired) electrons. The van der Waals surface area contributed by atoms with Crippen LogP contribution in [0, 0.1) is 6.92 Å². The molecule has 24 heavy (non-hydrogen) atoms. The van der Waals surface area contributed by atoms with Crippen LogP contribution in [-0.2, 0) is 22.5 Å². The summed E-state index contributed by atoms with van der Waals surface area (Å²) in [5.41, 5.74) is 2.30. The number of aryl methyl sites for hydroxylation is 1. The predicted octanol–water partition coefficient (Wildman–Crippen LogP) is 1.64. The van der Waals surface area contributed by atoms with Crippen molar-refractivity contribution in [2.45, 2.75) is 26.0 Å². The molecule has 2 aliphatic rings. The largest absolute Gasteiger partial charge is 0.365 e. The van der Waals surface area contributed by atoms with Gasteiger partial charge < -0.3 is 14.5 Å². The first-order valence-electron chi connectivity index (χ1n) is 8.20. The Hall–Kier alpha value is -1.99. The molecule has 2 aromatic rings. The van der Waals surface area contributed by atoms with E-state index in [1.54, 1.807) is 23.7 Å². The maximum atomic E-state index is 12.9. The van der Waals surface area contributed by atoms with Gasteiger partial charge in [-0.25, -0.2) is 9.97 Å². The summed E-state index contributed by atoms with van der Waals surface area (Å²) < 4.78 is 5.75. The van der Waals surface area contributed by atoms with Crippen LogP contribution in [0.2, 0.25) is 0 Å². The SMILES string of the molecule is Cc1cnc(N2CCOC(C(=O)N3CCc4sccc4C3)C2)nc1. The summed E-state index contributed by atoms with van der Waals surface area (Å²) in [4.78, 5) is 26.9. The Balaban J connectivity index is 1.44. The lowest BCUT2D eigenvalue weighted by molar-refractivity contribution is -0.145. The molecule has 1 amide bonds. The lowest BCUT2D eigenvalue weighted by atomic mass is 10.1. The molecule has 1 fully saturated rings. The fraction of sp³-hybridized carbons (Fsp3) is 0.471. The molecule has 0 N–H and O–H groups in total. The maximum Gasteiger partial charge on any atom is 0.253 e. The van der Waals surface area contributed by atoms with Gasteiger partial charge in [0.15, 0.2) is 6.10 Å². The van der Waals surface area contributed by atoms with E-state index in [-0.39, 0.29) is 5.91 Å². The Morgan fingerprint density at radius 2 is 2.17 bits per heavy atom. The van der Waals surface area contributed by atoms with Crippen LogP contribution in [0.15, 0.2) is 23.8 Å². The monoisotopic (exact) mass is 344 g/mol. The molecule has 1 atom stereocenters. The van der Waals surface area contributed by atoms with Crippen molar-refractivity contribution < 1.29 is 9.53 Å². The fourth-order valence-corrected chi connectivity index (χ4v) is 4.06. The van der Waals surface area contributed by atoms with E-state index in [0.717, 1.165) is 18.5 Å². The molecule has 4 rings (SSSR count). The highest BCUT2D eigenvalue weighted by Gasteiger charge is 2.32. The van der Waals surface area contributed by atoms with Gasteiger partial charge in [0.2, 0.25) is 5.95 Å². The van der Waals surface area contributed by atoms with E-state index >= 15 is 0 Å². The van der Waals surface area contributed by atoms with E-state index in [4.69, 9.17) is 4.74 Å². The number of amides is 1. The van der Waals surface area contributed by atoms with Crippen molar-refractivity contribution in [3.05, 3.63) is 39.8 Å². The molecule has 0 aromatic carbocycles. The smallest absolute Gasteiger partial charge is 0.253 e. The highest BCUT2D eigenvalue weighted by atomic mass is 32.1. The molecule has 6 nitrogen and oxygen atoms in total. The molecule has 4 heterocycles. The quantitative estimate of drug-likeness (QED) is 0.829. The summed E-state index contributed by atoms with van der Waals surface area (Å²) in [6.45, 7) is 5.16. The second kappa shape index (κ2) is 6.49. The third kappa shape index (κ3) is 3.01. The minimum atomic E-state index is -0.441. The normalized spacial score (nSPS) is 20.8. The maximum absolute atomic E-state index is 12.9. The van der Waals surface area contributed by atoms with Crippen LogP contribution in [0.3, 0.4) is 0 Å². The molecule has 2 aromatic heterocycles. The number of nitrogens with zero attached hydrogens (tertiary/aromatic N) is 4. The minimum Gasteiger partial charge on any atom is -0.365 e. The summed E-state index contributed by atoms with van der Waals surface area (Å²) in [7, 11) is 0. The highest BCUT2D eigenvalue weighted by molar-refractivity contribution is 7.10. The molecule has 1 unspecified atom stereocenters. The number of carbonyl (C=O) groups is 1. The van der Waals surface area contributed by atoms with Gasteiger partial charge in [-0.15, -0.1) is 11.3 Å². The molecular weight excluding hydrogens is 324 g/mol. The third-order valence-electron chi connectivity index (χ3n) is 4.51. The summed E-state index contributed by atoms with van der Waals surface area (Å²) >= 11 is 1.78. The molecule has 126 valence electrons. The van der Waals surface area contributed by atoms with Crippen LogP contribution < -0.4 is 4.90 Å². The molecule has 2 aliphatic heterocycles. The number of hydrogen-bond donors (Lipinski definition) is 0. The number of hydrogen-bond acceptors (Lipinski definition) is 6. The Labute approximate surface area is 145 Å². The number of thiophene rings is 1. The lowest BCUT2D eigenvalue weighted by Gasteiger charge is -2.36. The van der Waals surface area contributed by atoms with Crippen molar-refractivity contribution in [3.63, 3.8) is 0 Å². The molecule has 7 heteroatoms. The van der Waals surface area contributed by atoms with Crippen molar-refractivity contribution >= 4 is 23.2 Å². The zero-order valence-corrected chi connectivity index (χ0v) is 14.5. The van der Waals surface area contributed by atoms with E-state index in [2.05, 4.69) is 21.4 Å². The molecular formula is C17H20N4O2S. The lowest BCUT2D eigenvalue weighted by Crippen LogP contribution is -2.52. The van der Waals surface area contributed by atoms with Gasteiger partial charge in [-0.2, -0.15) is 0 Å². The van der Waals surface area contributed by atoms with Crippen molar-refractivity contribution in [3.8, 4) is 0 Å². The van der Waals surface area contributed by atoms with Crippen molar-refractivity contribution in [2.24, 2.45) is 0 Å². The van der Waals surface area contributed by atoms with Crippen molar-refractivity contribution in [1.29, 1.82) is 0 Å². The standard InChI is InChI=1S/C17H20N4O2S/c1-12-8-18-17(19-9-12)21-5-6-23-14(11-21)16(22)20-4-2-15-13(10-20)3-7-24-15/h3,7-9,14H,2,4-6,10-11H2,1H3. The third-order valence-corrected chi connectivity index (χ3v) is 5.53. The number of carbonyl (C=O) groups excluding carboxylic acids is 1. The number of morpholine rings is 1. The predicted molar refractivity (Wildman–Crippen MR) is 92.2 cm³/mol. The first-order valence-corrected chi connectivity index (χ1v) is 9.08. The van der Waals surface area contributed by atoms with Gasteiger partial charge in [0.1, 0.15) is 0 Å². The van der Waals surface area contributed by atoms with Crippen molar-refractivity contribution in [2.75, 3.05) is 31.1 Å². The molecule has 0 aliphatic carbocycles. The number of fused-ring (bicyclic) bond motifs is 1. The van der Waals surface area contributed by atoms with Crippen LogP contribution in [0.25, 0.3) is 0 Å². The average Bonchev–Trinajstić information content (AvgIpc) is 3.09. The van der Waals surface area contributed by atoms with Gasteiger partial charge in [0, 0.05) is 36.9 Å². The zero-order chi connectivity index (χ0) is 16.5. The molecule has 0 spiro atoms. The number of aromatic nitrogens is 2. The van der Waals surface area contributed by atoms with Crippen LogP contribution in [-0.4, -0.2) is 53.1 Å².